The highest BCUT2D eigenvalue weighted by Crippen LogP contribution is 2.29. The fraction of sp³-hybridized carbons (Fsp3) is 0.278. The molecule has 0 bridgehead atoms. The third kappa shape index (κ3) is 3.71. The summed E-state index contributed by atoms with van der Waals surface area (Å²) >= 11 is 0. The maximum absolute atomic E-state index is 12.9. The minimum Gasteiger partial charge on any atom is -0.490 e. The summed E-state index contributed by atoms with van der Waals surface area (Å²) in [5, 5.41) is 11.2. The molecular formula is C18H20N2O4. The van der Waals surface area contributed by atoms with Crippen LogP contribution in [0.2, 0.25) is 0 Å². The van der Waals surface area contributed by atoms with Gasteiger partial charge in [0.2, 0.25) is 0 Å². The molecule has 0 atom stereocenters. The summed E-state index contributed by atoms with van der Waals surface area (Å²) in [6.45, 7) is 4.46. The van der Waals surface area contributed by atoms with Gasteiger partial charge in [0.1, 0.15) is 0 Å². The van der Waals surface area contributed by atoms with Crippen LogP contribution in [-0.2, 0) is 0 Å². The molecule has 0 aliphatic carbocycles. The molecule has 0 spiro atoms. The fourth-order valence-corrected chi connectivity index (χ4v) is 2.49. The third-order valence-corrected chi connectivity index (χ3v) is 3.63. The number of rotatable bonds is 6. The molecule has 6 heteroatoms. The topological polar surface area (TPSA) is 72.7 Å². The average Bonchev–Trinajstić information content (AvgIpc) is 2.58. The number of amides is 1. The number of nitro benzene ring substituents is 1. The Morgan fingerprint density at radius 1 is 1.25 bits per heavy atom. The molecule has 0 heterocycles. The number of anilines is 1. The summed E-state index contributed by atoms with van der Waals surface area (Å²) in [4.78, 5) is 25.1. The normalized spacial score (nSPS) is 10.3. The standard InChI is InChI=1S/C18H20N2O4/c1-4-10-19(15-7-5-6-13(2)11-15)18(21)14-8-9-17(24-3)16(12-14)20(22)23/h5-9,11-12H,4,10H2,1-3H3. The number of hydrogen-bond donors (Lipinski definition) is 0. The van der Waals surface area contributed by atoms with Gasteiger partial charge in [-0.05, 0) is 43.2 Å². The number of methoxy groups -OCH3 is 1. The molecule has 0 N–H and O–H groups in total. The summed E-state index contributed by atoms with van der Waals surface area (Å²) in [6, 6.07) is 11.9. The molecule has 24 heavy (non-hydrogen) atoms. The molecular weight excluding hydrogens is 308 g/mol. The van der Waals surface area contributed by atoms with Gasteiger partial charge in [-0.1, -0.05) is 19.1 Å². The molecule has 0 saturated heterocycles. The van der Waals surface area contributed by atoms with Crippen molar-refractivity contribution in [3.63, 3.8) is 0 Å². The van der Waals surface area contributed by atoms with Gasteiger partial charge in [0, 0.05) is 23.9 Å². The zero-order chi connectivity index (χ0) is 17.7. The highest BCUT2D eigenvalue weighted by molar-refractivity contribution is 6.06. The molecule has 0 aliphatic heterocycles. The van der Waals surface area contributed by atoms with E-state index in [4.69, 9.17) is 4.74 Å². The van der Waals surface area contributed by atoms with Gasteiger partial charge in [-0.15, -0.1) is 0 Å². The molecule has 2 aromatic rings. The highest BCUT2D eigenvalue weighted by atomic mass is 16.6. The van der Waals surface area contributed by atoms with E-state index in [-0.39, 0.29) is 22.9 Å². The Morgan fingerprint density at radius 2 is 2.00 bits per heavy atom. The van der Waals surface area contributed by atoms with Crippen molar-refractivity contribution >= 4 is 17.3 Å². The fourth-order valence-electron chi connectivity index (χ4n) is 2.49. The molecule has 2 rings (SSSR count). The van der Waals surface area contributed by atoms with Crippen LogP contribution in [0.5, 0.6) is 5.75 Å². The molecule has 0 unspecified atom stereocenters. The first-order valence-electron chi connectivity index (χ1n) is 7.69. The number of hydrogen-bond acceptors (Lipinski definition) is 4. The molecule has 0 aromatic heterocycles. The van der Waals surface area contributed by atoms with Crippen molar-refractivity contribution in [1.29, 1.82) is 0 Å². The van der Waals surface area contributed by atoms with Gasteiger partial charge in [0.05, 0.1) is 12.0 Å². The largest absolute Gasteiger partial charge is 0.490 e. The monoisotopic (exact) mass is 328 g/mol. The van der Waals surface area contributed by atoms with E-state index in [1.54, 1.807) is 11.0 Å². The molecule has 0 saturated carbocycles. The molecule has 0 aliphatic rings. The highest BCUT2D eigenvalue weighted by Gasteiger charge is 2.22. The second-order valence-electron chi connectivity index (χ2n) is 5.44. The van der Waals surface area contributed by atoms with Crippen LogP contribution in [-0.4, -0.2) is 24.5 Å². The van der Waals surface area contributed by atoms with E-state index in [0.29, 0.717) is 6.54 Å². The zero-order valence-corrected chi connectivity index (χ0v) is 14.0. The summed E-state index contributed by atoms with van der Waals surface area (Å²) in [6.07, 6.45) is 0.776. The number of carbonyl (C=O) groups is 1. The van der Waals surface area contributed by atoms with Crippen LogP contribution in [0.1, 0.15) is 29.3 Å². The summed E-state index contributed by atoms with van der Waals surface area (Å²) in [5.74, 6) is -0.137. The van der Waals surface area contributed by atoms with Crippen molar-refractivity contribution in [3.05, 3.63) is 63.7 Å². The quantitative estimate of drug-likeness (QED) is 0.594. The van der Waals surface area contributed by atoms with Crippen molar-refractivity contribution in [2.75, 3.05) is 18.6 Å². The van der Waals surface area contributed by atoms with E-state index in [1.165, 1.54) is 19.2 Å². The summed E-state index contributed by atoms with van der Waals surface area (Å²) < 4.78 is 4.98. The van der Waals surface area contributed by atoms with Crippen LogP contribution in [0.15, 0.2) is 42.5 Å². The lowest BCUT2D eigenvalue weighted by Gasteiger charge is -2.23. The van der Waals surface area contributed by atoms with Crippen LogP contribution in [0.25, 0.3) is 0 Å². The lowest BCUT2D eigenvalue weighted by atomic mass is 10.1. The number of nitrogens with zero attached hydrogens (tertiary/aromatic N) is 2. The first-order chi connectivity index (χ1) is 11.5. The van der Waals surface area contributed by atoms with Crippen molar-refractivity contribution in [2.45, 2.75) is 20.3 Å². The van der Waals surface area contributed by atoms with Gasteiger partial charge in [-0.2, -0.15) is 0 Å². The Bertz CT molecular complexity index is 758. The predicted molar refractivity (Wildman–Crippen MR) is 92.8 cm³/mol. The Labute approximate surface area is 140 Å². The van der Waals surface area contributed by atoms with Gasteiger partial charge < -0.3 is 9.64 Å². The zero-order valence-electron chi connectivity index (χ0n) is 14.0. The number of aryl methyl sites for hydroxylation is 1. The van der Waals surface area contributed by atoms with Gasteiger partial charge in [0.15, 0.2) is 5.75 Å². The SMILES string of the molecule is CCCN(C(=O)c1ccc(OC)c([N+](=O)[O-])c1)c1cccc(C)c1. The molecule has 126 valence electrons. The van der Waals surface area contributed by atoms with E-state index in [2.05, 4.69) is 0 Å². The summed E-state index contributed by atoms with van der Waals surface area (Å²) in [7, 11) is 1.36. The smallest absolute Gasteiger partial charge is 0.311 e. The Hall–Kier alpha value is -2.89. The van der Waals surface area contributed by atoms with Crippen LogP contribution >= 0.6 is 0 Å². The lowest BCUT2D eigenvalue weighted by Crippen LogP contribution is -2.31. The van der Waals surface area contributed by atoms with Gasteiger partial charge in [-0.3, -0.25) is 14.9 Å². The minimum atomic E-state index is -0.549. The van der Waals surface area contributed by atoms with Crippen LogP contribution < -0.4 is 9.64 Å². The van der Waals surface area contributed by atoms with Crippen LogP contribution in [0.4, 0.5) is 11.4 Å². The van der Waals surface area contributed by atoms with Crippen molar-refractivity contribution in [2.24, 2.45) is 0 Å². The number of ether oxygens (including phenoxy) is 1. The van der Waals surface area contributed by atoms with Crippen molar-refractivity contribution in [3.8, 4) is 5.75 Å². The van der Waals surface area contributed by atoms with E-state index >= 15 is 0 Å². The Morgan fingerprint density at radius 3 is 2.58 bits per heavy atom. The van der Waals surface area contributed by atoms with Gasteiger partial charge in [0.25, 0.3) is 5.91 Å². The molecule has 2 aromatic carbocycles. The van der Waals surface area contributed by atoms with Crippen molar-refractivity contribution < 1.29 is 14.5 Å². The van der Waals surface area contributed by atoms with Crippen LogP contribution in [0.3, 0.4) is 0 Å². The second kappa shape index (κ2) is 7.59. The Balaban J connectivity index is 2.43. The molecule has 0 fully saturated rings. The minimum absolute atomic E-state index is 0.133. The number of carbonyl (C=O) groups excluding carboxylic acids is 1. The maximum atomic E-state index is 12.9. The first-order valence-corrected chi connectivity index (χ1v) is 7.69. The molecule has 0 radical (unpaired) electrons. The molecule has 1 amide bonds. The average molecular weight is 328 g/mol. The van der Waals surface area contributed by atoms with Gasteiger partial charge in [-0.25, -0.2) is 0 Å². The predicted octanol–water partition coefficient (Wildman–Crippen LogP) is 3.97. The van der Waals surface area contributed by atoms with E-state index in [9.17, 15) is 14.9 Å². The Kier molecular flexibility index (Phi) is 5.52. The van der Waals surface area contributed by atoms with Crippen molar-refractivity contribution in [1.82, 2.24) is 0 Å². The number of benzene rings is 2. The van der Waals surface area contributed by atoms with E-state index in [1.807, 2.05) is 38.1 Å². The van der Waals surface area contributed by atoms with Gasteiger partial charge >= 0.3 is 5.69 Å². The van der Waals surface area contributed by atoms with Crippen LogP contribution in [0, 0.1) is 17.0 Å². The lowest BCUT2D eigenvalue weighted by molar-refractivity contribution is -0.385. The summed E-state index contributed by atoms with van der Waals surface area (Å²) in [5.41, 5.74) is 1.86. The second-order valence-corrected chi connectivity index (χ2v) is 5.44. The third-order valence-electron chi connectivity index (χ3n) is 3.63. The first kappa shape index (κ1) is 17.5. The number of nitro groups is 1. The molecule has 6 nitrogen and oxygen atoms in total. The van der Waals surface area contributed by atoms with E-state index in [0.717, 1.165) is 17.7 Å². The van der Waals surface area contributed by atoms with E-state index < -0.39 is 4.92 Å². The maximum Gasteiger partial charge on any atom is 0.311 e.